The van der Waals surface area contributed by atoms with Crippen LogP contribution in [0.1, 0.15) is 79.6 Å². The highest BCUT2D eigenvalue weighted by molar-refractivity contribution is 4.69. The summed E-state index contributed by atoms with van der Waals surface area (Å²) in [5.74, 6) is 0.828. The van der Waals surface area contributed by atoms with Gasteiger partial charge >= 0.3 is 0 Å². The van der Waals surface area contributed by atoms with E-state index in [4.69, 9.17) is 0 Å². The molecule has 19 heavy (non-hydrogen) atoms. The molecule has 2 N–H and O–H groups in total. The van der Waals surface area contributed by atoms with Gasteiger partial charge in [0, 0.05) is 5.54 Å². The summed E-state index contributed by atoms with van der Waals surface area (Å²) in [6.45, 7) is 14.8. The Kier molecular flexibility index (Phi) is 11.7. The van der Waals surface area contributed by atoms with E-state index in [-0.39, 0.29) is 5.54 Å². The molecular weight excluding hydrogens is 232 g/mol. The van der Waals surface area contributed by atoms with E-state index in [2.05, 4.69) is 45.3 Å². The van der Waals surface area contributed by atoms with Crippen LogP contribution in [0.15, 0.2) is 0 Å². The largest absolute Gasteiger partial charge is 0.317 e. The Morgan fingerprint density at radius 2 is 1.26 bits per heavy atom. The molecule has 2 heteroatoms. The summed E-state index contributed by atoms with van der Waals surface area (Å²) in [4.78, 5) is 0. The molecule has 0 aromatic rings. The van der Waals surface area contributed by atoms with Gasteiger partial charge in [0.05, 0.1) is 0 Å². The van der Waals surface area contributed by atoms with Crippen molar-refractivity contribution in [1.82, 2.24) is 10.6 Å². The molecule has 0 amide bonds. The minimum absolute atomic E-state index is 0.279. The highest BCUT2D eigenvalue weighted by Gasteiger charge is 2.06. The maximum Gasteiger partial charge on any atom is 0.00965 e. The molecule has 0 saturated heterocycles. The monoisotopic (exact) mass is 270 g/mol. The third-order valence-corrected chi connectivity index (χ3v) is 3.33. The normalized spacial score (nSPS) is 12.3. The van der Waals surface area contributed by atoms with E-state index in [1.54, 1.807) is 0 Å². The maximum atomic E-state index is 3.55. The van der Waals surface area contributed by atoms with Crippen LogP contribution in [0, 0.1) is 5.92 Å². The molecule has 0 aromatic carbocycles. The molecule has 0 atom stereocenters. The summed E-state index contributed by atoms with van der Waals surface area (Å²) in [7, 11) is 0. The lowest BCUT2D eigenvalue weighted by molar-refractivity contribution is 0.415. The maximum absolute atomic E-state index is 3.55. The second kappa shape index (κ2) is 11.7. The Morgan fingerprint density at radius 3 is 1.79 bits per heavy atom. The van der Waals surface area contributed by atoms with Crippen molar-refractivity contribution >= 4 is 0 Å². The summed E-state index contributed by atoms with van der Waals surface area (Å²) in [5.41, 5.74) is 0.279. The molecule has 0 aliphatic carbocycles. The van der Waals surface area contributed by atoms with Gasteiger partial charge in [0.15, 0.2) is 0 Å². The lowest BCUT2D eigenvalue weighted by Gasteiger charge is -2.20. The molecule has 0 rings (SSSR count). The van der Waals surface area contributed by atoms with E-state index in [0.29, 0.717) is 0 Å². The van der Waals surface area contributed by atoms with Gasteiger partial charge in [-0.15, -0.1) is 0 Å². The van der Waals surface area contributed by atoms with Gasteiger partial charge < -0.3 is 10.6 Å². The highest BCUT2D eigenvalue weighted by atomic mass is 14.9. The number of nitrogens with one attached hydrogen (secondary N) is 2. The molecule has 0 radical (unpaired) electrons. The molecule has 116 valence electrons. The molecule has 0 spiro atoms. The number of hydrogen-bond donors (Lipinski definition) is 2. The van der Waals surface area contributed by atoms with E-state index >= 15 is 0 Å². The molecule has 0 bridgehead atoms. The first-order valence-corrected chi connectivity index (χ1v) is 8.37. The molecular formula is C17H38N2. The van der Waals surface area contributed by atoms with Gasteiger partial charge in [0.1, 0.15) is 0 Å². The van der Waals surface area contributed by atoms with Gasteiger partial charge in [0.25, 0.3) is 0 Å². The van der Waals surface area contributed by atoms with Crippen molar-refractivity contribution in [2.75, 3.05) is 19.6 Å². The Morgan fingerprint density at radius 1 is 0.737 bits per heavy atom. The van der Waals surface area contributed by atoms with Crippen molar-refractivity contribution in [1.29, 1.82) is 0 Å². The topological polar surface area (TPSA) is 24.1 Å². The standard InChI is InChI=1S/C17H38N2/c1-16(2)12-15-18-13-10-8-6-7-9-11-14-19-17(3,4)5/h16,18-19H,6-15H2,1-5H3. The van der Waals surface area contributed by atoms with E-state index in [1.165, 1.54) is 64.6 Å². The number of unbranched alkanes of at least 4 members (excludes halogenated alkanes) is 5. The third-order valence-electron chi connectivity index (χ3n) is 3.33. The van der Waals surface area contributed by atoms with E-state index in [1.807, 2.05) is 0 Å². The zero-order valence-corrected chi connectivity index (χ0v) is 14.1. The van der Waals surface area contributed by atoms with Crippen molar-refractivity contribution in [3.05, 3.63) is 0 Å². The van der Waals surface area contributed by atoms with Crippen LogP contribution in [0.2, 0.25) is 0 Å². The fourth-order valence-corrected chi connectivity index (χ4v) is 2.06. The first-order chi connectivity index (χ1) is 8.92. The van der Waals surface area contributed by atoms with Gasteiger partial charge in [-0.2, -0.15) is 0 Å². The first-order valence-electron chi connectivity index (χ1n) is 8.37. The second-order valence-corrected chi connectivity index (χ2v) is 7.23. The smallest absolute Gasteiger partial charge is 0.00965 e. The zero-order valence-electron chi connectivity index (χ0n) is 14.1. The molecule has 0 aliphatic heterocycles. The van der Waals surface area contributed by atoms with Crippen molar-refractivity contribution in [3.63, 3.8) is 0 Å². The van der Waals surface area contributed by atoms with Crippen LogP contribution in [-0.2, 0) is 0 Å². The first kappa shape index (κ1) is 18.9. The summed E-state index contributed by atoms with van der Waals surface area (Å²) in [6.07, 6.45) is 9.55. The van der Waals surface area contributed by atoms with Crippen molar-refractivity contribution < 1.29 is 0 Å². The van der Waals surface area contributed by atoms with Crippen molar-refractivity contribution in [3.8, 4) is 0 Å². The molecule has 2 nitrogen and oxygen atoms in total. The highest BCUT2D eigenvalue weighted by Crippen LogP contribution is 2.06. The van der Waals surface area contributed by atoms with Crippen LogP contribution in [-0.4, -0.2) is 25.2 Å². The third kappa shape index (κ3) is 17.9. The second-order valence-electron chi connectivity index (χ2n) is 7.23. The van der Waals surface area contributed by atoms with Gasteiger partial charge in [-0.1, -0.05) is 39.5 Å². The number of hydrogen-bond acceptors (Lipinski definition) is 2. The van der Waals surface area contributed by atoms with Crippen LogP contribution in [0.3, 0.4) is 0 Å². The summed E-state index contributed by atoms with van der Waals surface area (Å²) >= 11 is 0. The van der Waals surface area contributed by atoms with E-state index in [0.717, 1.165) is 5.92 Å². The molecule has 0 aliphatic rings. The van der Waals surface area contributed by atoms with Gasteiger partial charge in [-0.25, -0.2) is 0 Å². The SMILES string of the molecule is CC(C)CCNCCCCCCCCNC(C)(C)C. The van der Waals surface area contributed by atoms with E-state index < -0.39 is 0 Å². The van der Waals surface area contributed by atoms with Crippen LogP contribution in [0.5, 0.6) is 0 Å². The number of rotatable bonds is 12. The summed E-state index contributed by atoms with van der Waals surface area (Å²) < 4.78 is 0. The van der Waals surface area contributed by atoms with Crippen LogP contribution in [0.25, 0.3) is 0 Å². The molecule has 0 saturated carbocycles. The fraction of sp³-hybridized carbons (Fsp3) is 1.00. The van der Waals surface area contributed by atoms with Gasteiger partial charge in [0.2, 0.25) is 0 Å². The zero-order chi connectivity index (χ0) is 14.6. The van der Waals surface area contributed by atoms with Crippen molar-refractivity contribution in [2.45, 2.75) is 85.1 Å². The minimum atomic E-state index is 0.279. The minimum Gasteiger partial charge on any atom is -0.317 e. The van der Waals surface area contributed by atoms with Crippen LogP contribution < -0.4 is 10.6 Å². The average molecular weight is 271 g/mol. The van der Waals surface area contributed by atoms with Crippen LogP contribution in [0.4, 0.5) is 0 Å². The van der Waals surface area contributed by atoms with Crippen LogP contribution >= 0.6 is 0 Å². The lowest BCUT2D eigenvalue weighted by Crippen LogP contribution is -2.36. The Labute approximate surface area is 122 Å². The molecule has 0 fully saturated rings. The van der Waals surface area contributed by atoms with Crippen molar-refractivity contribution in [2.24, 2.45) is 5.92 Å². The summed E-state index contributed by atoms with van der Waals surface area (Å²) in [6, 6.07) is 0. The molecule has 0 aromatic heterocycles. The Balaban J connectivity index is 3.03. The Bertz CT molecular complexity index is 182. The lowest BCUT2D eigenvalue weighted by atomic mass is 10.1. The van der Waals surface area contributed by atoms with Gasteiger partial charge in [-0.3, -0.25) is 0 Å². The van der Waals surface area contributed by atoms with E-state index in [9.17, 15) is 0 Å². The summed E-state index contributed by atoms with van der Waals surface area (Å²) in [5, 5.41) is 7.08. The Hall–Kier alpha value is -0.0800. The quantitative estimate of drug-likeness (QED) is 0.515. The predicted molar refractivity (Wildman–Crippen MR) is 87.8 cm³/mol. The fourth-order valence-electron chi connectivity index (χ4n) is 2.06. The predicted octanol–water partition coefficient (Wildman–Crippen LogP) is 4.35. The molecule has 0 unspecified atom stereocenters. The average Bonchev–Trinajstić information content (AvgIpc) is 2.28. The molecule has 0 heterocycles. The van der Waals surface area contributed by atoms with Gasteiger partial charge in [-0.05, 0) is 65.6 Å².